The van der Waals surface area contributed by atoms with E-state index in [-0.39, 0.29) is 17.1 Å². The molecule has 1 amide bonds. The Bertz CT molecular complexity index is 638. The lowest BCUT2D eigenvalue weighted by Crippen LogP contribution is -2.36. The third kappa shape index (κ3) is 2.35. The first-order valence-corrected chi connectivity index (χ1v) is 7.60. The second-order valence-corrected chi connectivity index (χ2v) is 7.10. The van der Waals surface area contributed by atoms with Crippen LogP contribution in [0.2, 0.25) is 0 Å². The number of aromatic amines is 1. The van der Waals surface area contributed by atoms with E-state index in [0.717, 1.165) is 18.8 Å². The number of H-pyrrole nitrogens is 1. The zero-order chi connectivity index (χ0) is 14.3. The summed E-state index contributed by atoms with van der Waals surface area (Å²) in [5.41, 5.74) is 1.12. The summed E-state index contributed by atoms with van der Waals surface area (Å²) in [6.45, 7) is 7.53. The number of amides is 1. The number of nitrogens with zero attached hydrogens (tertiary/aromatic N) is 3. The standard InChI is InChI=1S/C14H18N4OS/c1-14(2,3)13-15-11(16-17-13)12(19)18-6-4-10-9(8-18)5-7-20-10/h5,7H,4,6,8H2,1-3H3,(H,15,16,17). The minimum atomic E-state index is -0.131. The fourth-order valence-electron chi connectivity index (χ4n) is 2.26. The van der Waals surface area contributed by atoms with Gasteiger partial charge in [-0.05, 0) is 23.4 Å². The third-order valence-electron chi connectivity index (χ3n) is 3.48. The molecule has 0 aliphatic carbocycles. The Morgan fingerprint density at radius 1 is 1.45 bits per heavy atom. The molecule has 2 aromatic heterocycles. The lowest BCUT2D eigenvalue weighted by atomic mass is 9.96. The number of hydrogen-bond donors (Lipinski definition) is 1. The Hall–Kier alpha value is -1.69. The SMILES string of the molecule is CC(C)(C)c1nc(C(=O)N2CCc3sccc3C2)n[nH]1. The van der Waals surface area contributed by atoms with Gasteiger partial charge < -0.3 is 4.90 Å². The summed E-state index contributed by atoms with van der Waals surface area (Å²) >= 11 is 1.77. The van der Waals surface area contributed by atoms with Gasteiger partial charge in [0.1, 0.15) is 5.82 Å². The van der Waals surface area contributed by atoms with Crippen molar-refractivity contribution in [2.45, 2.75) is 39.2 Å². The van der Waals surface area contributed by atoms with Gasteiger partial charge in [-0.1, -0.05) is 20.8 Å². The van der Waals surface area contributed by atoms with Crippen LogP contribution in [-0.4, -0.2) is 32.5 Å². The van der Waals surface area contributed by atoms with Crippen molar-refractivity contribution in [2.24, 2.45) is 0 Å². The second-order valence-electron chi connectivity index (χ2n) is 6.10. The topological polar surface area (TPSA) is 61.9 Å². The van der Waals surface area contributed by atoms with Crippen molar-refractivity contribution in [3.8, 4) is 0 Å². The Balaban J connectivity index is 1.79. The minimum Gasteiger partial charge on any atom is -0.331 e. The maximum absolute atomic E-state index is 12.5. The monoisotopic (exact) mass is 290 g/mol. The molecule has 0 saturated heterocycles. The molecule has 1 aliphatic heterocycles. The van der Waals surface area contributed by atoms with Crippen LogP contribution in [0.1, 0.15) is 47.7 Å². The molecule has 0 unspecified atom stereocenters. The number of carbonyl (C=O) groups is 1. The Labute approximate surface area is 122 Å². The van der Waals surface area contributed by atoms with E-state index in [2.05, 4.69) is 26.6 Å². The molecule has 20 heavy (non-hydrogen) atoms. The van der Waals surface area contributed by atoms with Crippen molar-refractivity contribution in [3.63, 3.8) is 0 Å². The molecule has 0 radical (unpaired) electrons. The number of rotatable bonds is 1. The molecule has 2 aromatic rings. The molecule has 3 heterocycles. The summed E-state index contributed by atoms with van der Waals surface area (Å²) in [6, 6.07) is 2.10. The van der Waals surface area contributed by atoms with Crippen molar-refractivity contribution in [2.75, 3.05) is 6.54 Å². The van der Waals surface area contributed by atoms with Gasteiger partial charge in [-0.3, -0.25) is 9.89 Å². The summed E-state index contributed by atoms with van der Waals surface area (Å²) in [6.07, 6.45) is 0.926. The first-order chi connectivity index (χ1) is 9.45. The van der Waals surface area contributed by atoms with Crippen LogP contribution < -0.4 is 0 Å². The maximum Gasteiger partial charge on any atom is 0.293 e. The van der Waals surface area contributed by atoms with Gasteiger partial charge in [0, 0.05) is 23.4 Å². The van der Waals surface area contributed by atoms with E-state index in [1.54, 1.807) is 11.3 Å². The van der Waals surface area contributed by atoms with Gasteiger partial charge >= 0.3 is 0 Å². The second kappa shape index (κ2) is 4.70. The quantitative estimate of drug-likeness (QED) is 0.877. The van der Waals surface area contributed by atoms with Crippen LogP contribution in [-0.2, 0) is 18.4 Å². The predicted molar refractivity (Wildman–Crippen MR) is 77.8 cm³/mol. The lowest BCUT2D eigenvalue weighted by molar-refractivity contribution is 0.0724. The summed E-state index contributed by atoms with van der Waals surface area (Å²) in [5, 5.41) is 9.04. The molecule has 1 N–H and O–H groups in total. The van der Waals surface area contributed by atoms with E-state index in [1.807, 2.05) is 25.7 Å². The summed E-state index contributed by atoms with van der Waals surface area (Å²) < 4.78 is 0. The molecule has 0 fully saturated rings. The lowest BCUT2D eigenvalue weighted by Gasteiger charge is -2.25. The third-order valence-corrected chi connectivity index (χ3v) is 4.50. The van der Waals surface area contributed by atoms with Crippen molar-refractivity contribution in [1.29, 1.82) is 0 Å². The van der Waals surface area contributed by atoms with E-state index in [9.17, 15) is 4.79 Å². The molecule has 1 aliphatic rings. The highest BCUT2D eigenvalue weighted by atomic mass is 32.1. The van der Waals surface area contributed by atoms with Gasteiger partial charge in [0.2, 0.25) is 5.82 Å². The molecule has 0 spiro atoms. The highest BCUT2D eigenvalue weighted by molar-refractivity contribution is 7.10. The molecular formula is C14H18N4OS. The van der Waals surface area contributed by atoms with Crippen molar-refractivity contribution in [3.05, 3.63) is 33.5 Å². The molecule has 0 saturated carbocycles. The zero-order valence-electron chi connectivity index (χ0n) is 11.9. The molecule has 5 nitrogen and oxygen atoms in total. The summed E-state index contributed by atoms with van der Waals surface area (Å²) in [4.78, 5) is 20.0. The van der Waals surface area contributed by atoms with Gasteiger partial charge in [0.15, 0.2) is 0 Å². The molecule has 0 bridgehead atoms. The van der Waals surface area contributed by atoms with Gasteiger partial charge in [-0.15, -0.1) is 16.4 Å². The van der Waals surface area contributed by atoms with Crippen LogP contribution in [0.15, 0.2) is 11.4 Å². The number of fused-ring (bicyclic) bond motifs is 1. The van der Waals surface area contributed by atoms with Crippen molar-refractivity contribution in [1.82, 2.24) is 20.1 Å². The Kier molecular flexibility index (Phi) is 3.12. The van der Waals surface area contributed by atoms with Crippen LogP contribution >= 0.6 is 11.3 Å². The molecule has 0 aromatic carbocycles. The van der Waals surface area contributed by atoms with Crippen molar-refractivity contribution < 1.29 is 4.79 Å². The normalized spacial score (nSPS) is 15.2. The Morgan fingerprint density at radius 3 is 2.95 bits per heavy atom. The van der Waals surface area contributed by atoms with E-state index in [1.165, 1.54) is 10.4 Å². The fraction of sp³-hybridized carbons (Fsp3) is 0.500. The Morgan fingerprint density at radius 2 is 2.25 bits per heavy atom. The number of carbonyl (C=O) groups excluding carboxylic acids is 1. The van der Waals surface area contributed by atoms with Crippen molar-refractivity contribution >= 4 is 17.2 Å². The van der Waals surface area contributed by atoms with Crippen LogP contribution in [0.3, 0.4) is 0 Å². The number of nitrogens with one attached hydrogen (secondary N) is 1. The van der Waals surface area contributed by atoms with Crippen LogP contribution in [0.4, 0.5) is 0 Å². The van der Waals surface area contributed by atoms with Crippen LogP contribution in [0.25, 0.3) is 0 Å². The highest BCUT2D eigenvalue weighted by Crippen LogP contribution is 2.25. The van der Waals surface area contributed by atoms with E-state index in [4.69, 9.17) is 0 Å². The molecular weight excluding hydrogens is 272 g/mol. The number of hydrogen-bond acceptors (Lipinski definition) is 4. The molecule has 6 heteroatoms. The smallest absolute Gasteiger partial charge is 0.293 e. The first kappa shape index (κ1) is 13.3. The molecule has 0 atom stereocenters. The van der Waals surface area contributed by atoms with Crippen LogP contribution in [0, 0.1) is 0 Å². The average Bonchev–Trinajstić information content (AvgIpc) is 3.05. The van der Waals surface area contributed by atoms with Crippen LogP contribution in [0.5, 0.6) is 0 Å². The number of thiophene rings is 1. The maximum atomic E-state index is 12.5. The van der Waals surface area contributed by atoms with E-state index < -0.39 is 0 Å². The minimum absolute atomic E-state index is 0.0893. The van der Waals surface area contributed by atoms with Gasteiger partial charge in [0.25, 0.3) is 5.91 Å². The predicted octanol–water partition coefficient (Wildman–Crippen LogP) is 2.36. The highest BCUT2D eigenvalue weighted by Gasteiger charge is 2.27. The number of aromatic nitrogens is 3. The average molecular weight is 290 g/mol. The van der Waals surface area contributed by atoms with Gasteiger partial charge in [0.05, 0.1) is 0 Å². The fourth-order valence-corrected chi connectivity index (χ4v) is 3.15. The van der Waals surface area contributed by atoms with E-state index >= 15 is 0 Å². The molecule has 106 valence electrons. The zero-order valence-corrected chi connectivity index (χ0v) is 12.8. The van der Waals surface area contributed by atoms with Gasteiger partial charge in [-0.2, -0.15) is 0 Å². The summed E-state index contributed by atoms with van der Waals surface area (Å²) in [5.74, 6) is 0.927. The first-order valence-electron chi connectivity index (χ1n) is 6.72. The summed E-state index contributed by atoms with van der Waals surface area (Å²) in [7, 11) is 0. The largest absolute Gasteiger partial charge is 0.331 e. The van der Waals surface area contributed by atoms with E-state index in [0.29, 0.717) is 6.54 Å². The molecule has 3 rings (SSSR count). The van der Waals surface area contributed by atoms with Gasteiger partial charge in [-0.25, -0.2) is 4.98 Å².